The zero-order chi connectivity index (χ0) is 11.7. The Kier molecular flexibility index (Phi) is 2.94. The summed E-state index contributed by atoms with van der Waals surface area (Å²) in [4.78, 5) is 11.1. The summed E-state index contributed by atoms with van der Waals surface area (Å²) in [5.74, 6) is 1.04. The number of hydrogen-bond acceptors (Lipinski definition) is 5. The summed E-state index contributed by atoms with van der Waals surface area (Å²) < 4.78 is 5.53. The summed E-state index contributed by atoms with van der Waals surface area (Å²) in [6, 6.07) is 0.538. The minimum Gasteiger partial charge on any atom is -0.376 e. The maximum absolute atomic E-state index is 5.53. The van der Waals surface area contributed by atoms with Gasteiger partial charge in [-0.3, -0.25) is 0 Å². The molecule has 0 bridgehead atoms. The number of fused-ring (bicyclic) bond motifs is 1. The molecule has 5 nitrogen and oxygen atoms in total. The molecule has 1 saturated heterocycles. The van der Waals surface area contributed by atoms with Crippen LogP contribution in [0.3, 0.4) is 0 Å². The molecule has 17 heavy (non-hydrogen) atoms. The van der Waals surface area contributed by atoms with Crippen molar-refractivity contribution in [2.45, 2.75) is 25.5 Å². The zero-order valence-electron chi connectivity index (χ0n) is 10.1. The molecular formula is C12H18N4O. The van der Waals surface area contributed by atoms with E-state index in [-0.39, 0.29) is 0 Å². The van der Waals surface area contributed by atoms with E-state index in [0.29, 0.717) is 12.6 Å². The molecule has 2 aliphatic rings. The largest absolute Gasteiger partial charge is 0.376 e. The molecule has 3 rings (SSSR count). The van der Waals surface area contributed by atoms with Gasteiger partial charge in [0.25, 0.3) is 0 Å². The quantitative estimate of drug-likeness (QED) is 0.800. The van der Waals surface area contributed by atoms with Gasteiger partial charge in [-0.05, 0) is 13.0 Å². The van der Waals surface area contributed by atoms with Gasteiger partial charge in [-0.1, -0.05) is 0 Å². The van der Waals surface area contributed by atoms with Crippen LogP contribution in [0.1, 0.15) is 17.7 Å². The van der Waals surface area contributed by atoms with E-state index in [2.05, 4.69) is 27.2 Å². The minimum absolute atomic E-state index is 0.538. The molecule has 1 aromatic heterocycles. The molecular weight excluding hydrogens is 216 g/mol. The normalized spacial score (nSPS) is 23.5. The van der Waals surface area contributed by atoms with Crippen molar-refractivity contribution < 1.29 is 4.74 Å². The summed E-state index contributed by atoms with van der Waals surface area (Å²) in [5.41, 5.74) is 2.33. The second kappa shape index (κ2) is 4.58. The van der Waals surface area contributed by atoms with E-state index in [0.717, 1.165) is 37.6 Å². The Labute approximate surface area is 101 Å². The van der Waals surface area contributed by atoms with E-state index in [1.807, 2.05) is 0 Å². The first-order valence-corrected chi connectivity index (χ1v) is 6.20. The molecule has 1 unspecified atom stereocenters. The molecule has 92 valence electrons. The van der Waals surface area contributed by atoms with Crippen molar-refractivity contribution in [3.63, 3.8) is 0 Å². The summed E-state index contributed by atoms with van der Waals surface area (Å²) in [7, 11) is 2.12. The van der Waals surface area contributed by atoms with Crippen LogP contribution in [0.15, 0.2) is 6.33 Å². The van der Waals surface area contributed by atoms with Crippen LogP contribution in [0, 0.1) is 0 Å². The zero-order valence-corrected chi connectivity index (χ0v) is 10.1. The molecule has 0 aliphatic carbocycles. The molecule has 0 radical (unpaired) electrons. The number of aromatic nitrogens is 2. The van der Waals surface area contributed by atoms with Gasteiger partial charge in [-0.2, -0.15) is 0 Å². The first-order valence-electron chi connectivity index (χ1n) is 6.20. The Morgan fingerprint density at radius 1 is 1.47 bits per heavy atom. The van der Waals surface area contributed by atoms with Crippen LogP contribution < -0.4 is 10.2 Å². The lowest BCUT2D eigenvalue weighted by Crippen LogP contribution is -2.35. The van der Waals surface area contributed by atoms with Crippen LogP contribution in [0.5, 0.6) is 0 Å². The third kappa shape index (κ3) is 2.00. The van der Waals surface area contributed by atoms with Gasteiger partial charge in [0.15, 0.2) is 0 Å². The summed E-state index contributed by atoms with van der Waals surface area (Å²) in [5, 5.41) is 3.39. The third-order valence-corrected chi connectivity index (χ3v) is 3.66. The average Bonchev–Trinajstić information content (AvgIpc) is 2.91. The minimum atomic E-state index is 0.538. The van der Waals surface area contributed by atoms with Gasteiger partial charge in [0.05, 0.1) is 18.9 Å². The first kappa shape index (κ1) is 10.9. The Bertz CT molecular complexity index is 403. The van der Waals surface area contributed by atoms with Crippen LogP contribution in [0.25, 0.3) is 0 Å². The molecule has 0 aromatic carbocycles. The van der Waals surface area contributed by atoms with Crippen molar-refractivity contribution in [3.8, 4) is 0 Å². The predicted molar refractivity (Wildman–Crippen MR) is 65.1 cm³/mol. The van der Waals surface area contributed by atoms with E-state index >= 15 is 0 Å². The highest BCUT2D eigenvalue weighted by molar-refractivity contribution is 5.49. The number of hydrogen-bond donors (Lipinski definition) is 1. The maximum Gasteiger partial charge on any atom is 0.137 e. The van der Waals surface area contributed by atoms with Gasteiger partial charge in [0.2, 0.25) is 0 Å². The van der Waals surface area contributed by atoms with Gasteiger partial charge in [-0.25, -0.2) is 9.97 Å². The third-order valence-electron chi connectivity index (χ3n) is 3.66. The number of anilines is 1. The monoisotopic (exact) mass is 234 g/mol. The highest BCUT2D eigenvalue weighted by Gasteiger charge is 2.24. The van der Waals surface area contributed by atoms with Crippen LogP contribution in [0.4, 0.5) is 5.82 Å². The number of nitrogens with zero attached hydrogens (tertiary/aromatic N) is 3. The summed E-state index contributed by atoms with van der Waals surface area (Å²) >= 11 is 0. The van der Waals surface area contributed by atoms with Crippen molar-refractivity contribution >= 4 is 5.82 Å². The van der Waals surface area contributed by atoms with Gasteiger partial charge < -0.3 is 15.0 Å². The van der Waals surface area contributed by atoms with Crippen LogP contribution in [-0.4, -0.2) is 42.8 Å². The van der Waals surface area contributed by atoms with Gasteiger partial charge in [0.1, 0.15) is 12.1 Å². The molecule has 0 saturated carbocycles. The Morgan fingerprint density at radius 2 is 2.41 bits per heavy atom. The predicted octanol–water partition coefficient (Wildman–Crippen LogP) is 0.347. The molecule has 0 amide bonds. The van der Waals surface area contributed by atoms with E-state index in [4.69, 9.17) is 4.74 Å². The molecule has 0 spiro atoms. The molecule has 1 fully saturated rings. The molecule has 5 heteroatoms. The van der Waals surface area contributed by atoms with Crippen molar-refractivity contribution in [2.24, 2.45) is 0 Å². The van der Waals surface area contributed by atoms with Gasteiger partial charge >= 0.3 is 0 Å². The van der Waals surface area contributed by atoms with Crippen LogP contribution >= 0.6 is 0 Å². The summed E-state index contributed by atoms with van der Waals surface area (Å²) in [6.45, 7) is 3.56. The lowest BCUT2D eigenvalue weighted by molar-refractivity contribution is 0.109. The van der Waals surface area contributed by atoms with Crippen molar-refractivity contribution in [3.05, 3.63) is 17.6 Å². The van der Waals surface area contributed by atoms with Gasteiger partial charge in [0, 0.05) is 31.6 Å². The van der Waals surface area contributed by atoms with Gasteiger partial charge in [-0.15, -0.1) is 0 Å². The average molecular weight is 234 g/mol. The van der Waals surface area contributed by atoms with E-state index in [9.17, 15) is 0 Å². The molecule has 2 aliphatic heterocycles. The van der Waals surface area contributed by atoms with Crippen molar-refractivity contribution in [1.29, 1.82) is 0 Å². The van der Waals surface area contributed by atoms with Crippen LogP contribution in [0.2, 0.25) is 0 Å². The highest BCUT2D eigenvalue weighted by Crippen LogP contribution is 2.25. The second-order valence-corrected chi connectivity index (χ2v) is 4.68. The Morgan fingerprint density at radius 3 is 3.24 bits per heavy atom. The maximum atomic E-state index is 5.53. The molecule has 3 heterocycles. The van der Waals surface area contributed by atoms with Crippen molar-refractivity contribution in [2.75, 3.05) is 31.6 Å². The SMILES string of the molecule is CN(c1ncnc2c1COCC2)C1CCNC1. The molecule has 1 aromatic rings. The highest BCUT2D eigenvalue weighted by atomic mass is 16.5. The summed E-state index contributed by atoms with van der Waals surface area (Å²) in [6.07, 6.45) is 3.76. The fourth-order valence-corrected chi connectivity index (χ4v) is 2.59. The molecule has 1 N–H and O–H groups in total. The van der Waals surface area contributed by atoms with Crippen molar-refractivity contribution in [1.82, 2.24) is 15.3 Å². The lowest BCUT2D eigenvalue weighted by Gasteiger charge is -2.28. The Hall–Kier alpha value is -1.20. The number of ether oxygens (including phenoxy) is 1. The fourth-order valence-electron chi connectivity index (χ4n) is 2.59. The fraction of sp³-hybridized carbons (Fsp3) is 0.667. The number of nitrogens with one attached hydrogen (secondary N) is 1. The van der Waals surface area contributed by atoms with E-state index in [1.165, 1.54) is 12.0 Å². The number of rotatable bonds is 2. The lowest BCUT2D eigenvalue weighted by atomic mass is 10.1. The van der Waals surface area contributed by atoms with E-state index in [1.54, 1.807) is 6.33 Å². The smallest absolute Gasteiger partial charge is 0.137 e. The Balaban J connectivity index is 1.91. The topological polar surface area (TPSA) is 50.3 Å². The van der Waals surface area contributed by atoms with E-state index < -0.39 is 0 Å². The van der Waals surface area contributed by atoms with Crippen LogP contribution in [-0.2, 0) is 17.8 Å². The standard InChI is InChI=1S/C12H18N4O/c1-16(9-2-4-13-6-9)12-10-7-17-5-3-11(10)14-8-15-12/h8-9,13H,2-7H2,1H3. The second-order valence-electron chi connectivity index (χ2n) is 4.68. The number of likely N-dealkylation sites (N-methyl/N-ethyl adjacent to an activating group) is 1. The molecule has 1 atom stereocenters. The first-order chi connectivity index (χ1) is 8.36.